The van der Waals surface area contributed by atoms with Gasteiger partial charge in [0.1, 0.15) is 0 Å². The molecule has 1 aromatic carbocycles. The van der Waals surface area contributed by atoms with Crippen molar-refractivity contribution in [3.8, 4) is 0 Å². The van der Waals surface area contributed by atoms with E-state index in [1.54, 1.807) is 11.1 Å². The van der Waals surface area contributed by atoms with Crippen LogP contribution in [0.5, 0.6) is 0 Å². The Balaban J connectivity index is 1.34. The Labute approximate surface area is 173 Å². The molecule has 3 nitrogen and oxygen atoms in total. The van der Waals surface area contributed by atoms with Crippen molar-refractivity contribution in [1.82, 2.24) is 10.2 Å². The van der Waals surface area contributed by atoms with Crippen molar-refractivity contribution in [1.29, 1.82) is 0 Å². The Morgan fingerprint density at radius 2 is 1.90 bits per heavy atom. The highest BCUT2D eigenvalue weighted by Gasteiger charge is 2.56. The Kier molecular flexibility index (Phi) is 3.76. The molecular formula is C26H32N2O. The summed E-state index contributed by atoms with van der Waals surface area (Å²) in [6, 6.07) is 6.81. The number of aromatic amines is 1. The third kappa shape index (κ3) is 2.43. The summed E-state index contributed by atoms with van der Waals surface area (Å²) in [6.45, 7) is 5.05. The van der Waals surface area contributed by atoms with Crippen LogP contribution in [-0.4, -0.2) is 21.4 Å². The Hall–Kier alpha value is -1.87. The molecule has 0 saturated heterocycles. The highest BCUT2D eigenvalue weighted by atomic mass is 16.3. The van der Waals surface area contributed by atoms with Gasteiger partial charge in [-0.15, -0.1) is 0 Å². The van der Waals surface area contributed by atoms with E-state index in [0.29, 0.717) is 5.41 Å². The molecule has 2 fully saturated rings. The van der Waals surface area contributed by atoms with Gasteiger partial charge >= 0.3 is 0 Å². The molecule has 1 aromatic heterocycles. The van der Waals surface area contributed by atoms with Gasteiger partial charge in [-0.3, -0.25) is 5.10 Å². The summed E-state index contributed by atoms with van der Waals surface area (Å²) < 4.78 is 0. The second kappa shape index (κ2) is 6.07. The summed E-state index contributed by atoms with van der Waals surface area (Å²) in [5, 5.41) is 18.8. The second-order valence-electron chi connectivity index (χ2n) is 10.6. The van der Waals surface area contributed by atoms with Crippen LogP contribution < -0.4 is 0 Å². The maximum absolute atomic E-state index is 10.2. The number of allylic oxidation sites excluding steroid dienone is 3. The first-order valence-electron chi connectivity index (χ1n) is 11.5. The third-order valence-electron chi connectivity index (χ3n) is 9.41. The number of hydrogen-bond donors (Lipinski definition) is 2. The lowest BCUT2D eigenvalue weighted by Crippen LogP contribution is -2.49. The Morgan fingerprint density at radius 3 is 2.79 bits per heavy atom. The van der Waals surface area contributed by atoms with E-state index in [-0.39, 0.29) is 11.5 Å². The van der Waals surface area contributed by atoms with Crippen LogP contribution in [0.15, 0.2) is 42.1 Å². The zero-order valence-corrected chi connectivity index (χ0v) is 17.6. The monoisotopic (exact) mass is 388 g/mol. The van der Waals surface area contributed by atoms with Crippen molar-refractivity contribution in [3.63, 3.8) is 0 Å². The SMILES string of the molecule is C[C@]12CC[C@H](O)CC1=CC[C@@H]1[C@@H]2CC[C@]2(C)C(c3ccc4cn[nH]c4c3)=CC[C@@H]12. The number of aromatic nitrogens is 2. The maximum Gasteiger partial charge on any atom is 0.0656 e. The van der Waals surface area contributed by atoms with Gasteiger partial charge in [0.15, 0.2) is 0 Å². The molecule has 29 heavy (non-hydrogen) atoms. The summed E-state index contributed by atoms with van der Waals surface area (Å²) in [7, 11) is 0. The van der Waals surface area contributed by atoms with Crippen LogP contribution in [-0.2, 0) is 0 Å². The minimum Gasteiger partial charge on any atom is -0.393 e. The smallest absolute Gasteiger partial charge is 0.0656 e. The van der Waals surface area contributed by atoms with Crippen LogP contribution in [0.4, 0.5) is 0 Å². The maximum atomic E-state index is 10.2. The van der Waals surface area contributed by atoms with E-state index in [1.165, 1.54) is 43.1 Å². The summed E-state index contributed by atoms with van der Waals surface area (Å²) >= 11 is 0. The molecule has 6 atom stereocenters. The van der Waals surface area contributed by atoms with Gasteiger partial charge in [0.05, 0.1) is 17.8 Å². The quantitative estimate of drug-likeness (QED) is 0.599. The highest BCUT2D eigenvalue weighted by molar-refractivity contribution is 5.84. The van der Waals surface area contributed by atoms with Crippen LogP contribution in [0.3, 0.4) is 0 Å². The molecule has 0 unspecified atom stereocenters. The first kappa shape index (κ1) is 17.9. The highest BCUT2D eigenvalue weighted by Crippen LogP contribution is 2.66. The predicted octanol–water partition coefficient (Wildman–Crippen LogP) is 5.88. The number of nitrogens with one attached hydrogen (secondary N) is 1. The average Bonchev–Trinajstić information content (AvgIpc) is 3.31. The van der Waals surface area contributed by atoms with Crippen LogP contribution in [0.25, 0.3) is 16.5 Å². The van der Waals surface area contributed by atoms with Crippen LogP contribution in [0.2, 0.25) is 0 Å². The average molecular weight is 389 g/mol. The summed E-state index contributed by atoms with van der Waals surface area (Å²) in [5.74, 6) is 2.31. The minimum atomic E-state index is -0.114. The molecular weight excluding hydrogens is 356 g/mol. The summed E-state index contributed by atoms with van der Waals surface area (Å²) in [6.07, 6.45) is 15.0. The van der Waals surface area contributed by atoms with Gasteiger partial charge in [-0.1, -0.05) is 43.7 Å². The second-order valence-corrected chi connectivity index (χ2v) is 10.6. The van der Waals surface area contributed by atoms with Gasteiger partial charge in [0.2, 0.25) is 0 Å². The van der Waals surface area contributed by atoms with Crippen molar-refractivity contribution in [3.05, 3.63) is 47.7 Å². The van der Waals surface area contributed by atoms with Crippen molar-refractivity contribution >= 4 is 16.5 Å². The van der Waals surface area contributed by atoms with Gasteiger partial charge < -0.3 is 5.11 Å². The van der Waals surface area contributed by atoms with Crippen LogP contribution >= 0.6 is 0 Å². The lowest BCUT2D eigenvalue weighted by Gasteiger charge is -2.57. The Bertz CT molecular complexity index is 1030. The first-order chi connectivity index (χ1) is 14.0. The topological polar surface area (TPSA) is 48.9 Å². The standard InChI is InChI=1S/C26H32N2O/c1-25-11-9-19(29)14-18(25)5-6-20-22-8-7-21(26(22,2)12-10-23(20)25)16-3-4-17-15-27-28-24(17)13-16/h3-5,7,13,15,19-20,22-23,29H,6,8-12,14H2,1-2H3,(H,27,28)/t19-,20-,22-,23-,25-,26+/m0/s1. The normalized spacial score (nSPS) is 41.3. The van der Waals surface area contributed by atoms with E-state index in [2.05, 4.69) is 54.4 Å². The van der Waals surface area contributed by atoms with Crippen molar-refractivity contribution in [2.75, 3.05) is 0 Å². The molecule has 0 bridgehead atoms. The molecule has 6 rings (SSSR count). The molecule has 0 amide bonds. The van der Waals surface area contributed by atoms with Gasteiger partial charge in [0, 0.05) is 5.39 Å². The number of fused-ring (bicyclic) bond motifs is 6. The van der Waals surface area contributed by atoms with Crippen molar-refractivity contribution in [2.45, 2.75) is 64.9 Å². The van der Waals surface area contributed by atoms with Gasteiger partial charge in [0.25, 0.3) is 0 Å². The van der Waals surface area contributed by atoms with E-state index in [0.717, 1.165) is 36.1 Å². The van der Waals surface area contributed by atoms with E-state index in [1.807, 2.05) is 6.20 Å². The Morgan fingerprint density at radius 1 is 1.03 bits per heavy atom. The molecule has 2 N–H and O–H groups in total. The number of rotatable bonds is 1. The van der Waals surface area contributed by atoms with Crippen molar-refractivity contribution < 1.29 is 5.11 Å². The van der Waals surface area contributed by atoms with E-state index in [9.17, 15) is 5.11 Å². The minimum absolute atomic E-state index is 0.114. The van der Waals surface area contributed by atoms with Gasteiger partial charge in [-0.05, 0) is 90.7 Å². The van der Waals surface area contributed by atoms with Crippen LogP contribution in [0, 0.1) is 28.6 Å². The lowest BCUT2D eigenvalue weighted by molar-refractivity contribution is -0.0238. The third-order valence-corrected chi connectivity index (χ3v) is 9.41. The number of benzene rings is 1. The van der Waals surface area contributed by atoms with E-state index in [4.69, 9.17) is 0 Å². The molecule has 152 valence electrons. The molecule has 4 aliphatic rings. The molecule has 0 radical (unpaired) electrons. The molecule has 0 aliphatic heterocycles. The van der Waals surface area contributed by atoms with Gasteiger partial charge in [-0.25, -0.2) is 0 Å². The summed E-state index contributed by atoms with van der Waals surface area (Å²) in [4.78, 5) is 0. The zero-order valence-electron chi connectivity index (χ0n) is 17.6. The number of aliphatic hydroxyl groups excluding tert-OH is 1. The van der Waals surface area contributed by atoms with E-state index < -0.39 is 0 Å². The van der Waals surface area contributed by atoms with Gasteiger partial charge in [-0.2, -0.15) is 5.10 Å². The zero-order chi connectivity index (χ0) is 19.8. The van der Waals surface area contributed by atoms with E-state index >= 15 is 0 Å². The number of H-pyrrole nitrogens is 1. The van der Waals surface area contributed by atoms with Crippen LogP contribution in [0.1, 0.15) is 64.4 Å². The molecule has 2 saturated carbocycles. The molecule has 2 aromatic rings. The molecule has 4 aliphatic carbocycles. The number of aliphatic hydroxyl groups is 1. The fourth-order valence-corrected chi connectivity index (χ4v) is 7.76. The molecule has 1 heterocycles. The fourth-order valence-electron chi connectivity index (χ4n) is 7.76. The fraction of sp³-hybridized carbons (Fsp3) is 0.577. The first-order valence-corrected chi connectivity index (χ1v) is 11.5. The predicted molar refractivity (Wildman–Crippen MR) is 117 cm³/mol. The van der Waals surface area contributed by atoms with Crippen molar-refractivity contribution in [2.24, 2.45) is 28.6 Å². The largest absolute Gasteiger partial charge is 0.393 e. The summed E-state index contributed by atoms with van der Waals surface area (Å²) in [5.41, 5.74) is 6.26. The number of nitrogens with zero attached hydrogens (tertiary/aromatic N) is 1. The molecule has 0 spiro atoms. The lowest BCUT2D eigenvalue weighted by atomic mass is 9.47. The molecule has 3 heteroatoms. The number of hydrogen-bond acceptors (Lipinski definition) is 2.